The Morgan fingerprint density at radius 2 is 2.16 bits per heavy atom. The third-order valence-electron chi connectivity index (χ3n) is 3.50. The van der Waals surface area contributed by atoms with Crippen LogP contribution in [0.3, 0.4) is 0 Å². The van der Waals surface area contributed by atoms with E-state index in [1.807, 2.05) is 13.8 Å². The lowest BCUT2D eigenvalue weighted by Gasteiger charge is -2.17. The second kappa shape index (κ2) is 8.54. The van der Waals surface area contributed by atoms with Gasteiger partial charge in [-0.2, -0.15) is 0 Å². The van der Waals surface area contributed by atoms with E-state index in [4.69, 9.17) is 11.6 Å². The van der Waals surface area contributed by atoms with Crippen LogP contribution >= 0.6 is 23.4 Å². The van der Waals surface area contributed by atoms with Crippen molar-refractivity contribution in [3.05, 3.63) is 46.2 Å². The van der Waals surface area contributed by atoms with Crippen molar-refractivity contribution in [2.75, 3.05) is 6.54 Å². The van der Waals surface area contributed by atoms with Crippen molar-refractivity contribution >= 4 is 40.2 Å². The molecule has 2 rings (SSSR count). The van der Waals surface area contributed by atoms with Gasteiger partial charge in [0.15, 0.2) is 5.16 Å². The molecule has 0 aliphatic rings. The molecule has 5 nitrogen and oxygen atoms in total. The number of hydrogen-bond donors (Lipinski definition) is 1. The van der Waals surface area contributed by atoms with Crippen LogP contribution in [0.25, 0.3) is 10.9 Å². The first-order chi connectivity index (χ1) is 11.8. The summed E-state index contributed by atoms with van der Waals surface area (Å²) in [5.74, 6) is 0.145. The summed E-state index contributed by atoms with van der Waals surface area (Å²) < 4.78 is 1.63. The van der Waals surface area contributed by atoms with E-state index in [1.165, 1.54) is 11.8 Å². The number of halogens is 1. The summed E-state index contributed by atoms with van der Waals surface area (Å²) in [5, 5.41) is 3.91. The molecule has 0 saturated carbocycles. The van der Waals surface area contributed by atoms with Gasteiger partial charge in [-0.05, 0) is 31.0 Å². The van der Waals surface area contributed by atoms with E-state index >= 15 is 0 Å². The van der Waals surface area contributed by atoms with Gasteiger partial charge in [-0.15, -0.1) is 6.58 Å². The third kappa shape index (κ3) is 4.86. The molecule has 134 valence electrons. The average Bonchev–Trinajstić information content (AvgIpc) is 2.56. The highest BCUT2D eigenvalue weighted by atomic mass is 35.5. The van der Waals surface area contributed by atoms with Crippen molar-refractivity contribution in [1.82, 2.24) is 14.9 Å². The van der Waals surface area contributed by atoms with E-state index in [2.05, 4.69) is 16.9 Å². The predicted molar refractivity (Wildman–Crippen MR) is 104 cm³/mol. The molecule has 1 N–H and O–H groups in total. The zero-order valence-corrected chi connectivity index (χ0v) is 16.2. The minimum atomic E-state index is -0.380. The van der Waals surface area contributed by atoms with Crippen molar-refractivity contribution in [3.63, 3.8) is 0 Å². The van der Waals surface area contributed by atoms with Gasteiger partial charge in [0.05, 0.1) is 16.2 Å². The van der Waals surface area contributed by atoms with Gasteiger partial charge >= 0.3 is 0 Å². The Morgan fingerprint density at radius 3 is 2.80 bits per heavy atom. The van der Waals surface area contributed by atoms with Crippen molar-refractivity contribution in [3.8, 4) is 0 Å². The number of fused-ring (bicyclic) bond motifs is 1. The van der Waals surface area contributed by atoms with Crippen LogP contribution in [0.1, 0.15) is 20.8 Å². The maximum atomic E-state index is 12.9. The van der Waals surface area contributed by atoms with Crippen molar-refractivity contribution in [1.29, 1.82) is 0 Å². The van der Waals surface area contributed by atoms with Crippen LogP contribution in [-0.2, 0) is 11.3 Å². The molecule has 25 heavy (non-hydrogen) atoms. The van der Waals surface area contributed by atoms with Crippen LogP contribution in [0.15, 0.2) is 40.8 Å². The summed E-state index contributed by atoms with van der Waals surface area (Å²) in [6.07, 6.45) is 1.63. The largest absolute Gasteiger partial charge is 0.352 e. The Morgan fingerprint density at radius 1 is 1.44 bits per heavy atom. The van der Waals surface area contributed by atoms with Gasteiger partial charge in [-0.3, -0.25) is 14.2 Å². The Hall–Kier alpha value is -1.79. The molecule has 1 heterocycles. The number of rotatable bonds is 7. The number of amides is 1. The lowest BCUT2D eigenvalue weighted by Crippen LogP contribution is -2.32. The molecule has 1 aromatic carbocycles. The summed E-state index contributed by atoms with van der Waals surface area (Å²) in [6, 6.07) is 5.07. The molecule has 0 radical (unpaired) electrons. The van der Waals surface area contributed by atoms with Crippen LogP contribution in [0.2, 0.25) is 5.02 Å². The number of hydrogen-bond acceptors (Lipinski definition) is 4. The molecule has 0 saturated heterocycles. The molecule has 0 fully saturated rings. The molecule has 0 spiro atoms. The molecule has 2 aromatic rings. The van der Waals surface area contributed by atoms with Crippen LogP contribution in [0.5, 0.6) is 0 Å². The Balaban J connectivity index is 2.46. The monoisotopic (exact) mass is 379 g/mol. The number of nitrogens with one attached hydrogen (secondary N) is 1. The fourth-order valence-corrected chi connectivity index (χ4v) is 3.43. The molecule has 1 aromatic heterocycles. The number of nitrogens with zero attached hydrogens (tertiary/aromatic N) is 2. The fourth-order valence-electron chi connectivity index (χ4n) is 2.32. The number of carbonyl (C=O) groups excluding carboxylic acids is 1. The van der Waals surface area contributed by atoms with E-state index in [-0.39, 0.29) is 22.6 Å². The second-order valence-electron chi connectivity index (χ2n) is 6.16. The smallest absolute Gasteiger partial charge is 0.262 e. The molecular formula is C18H22ClN3O2S. The van der Waals surface area contributed by atoms with E-state index < -0.39 is 0 Å². The van der Waals surface area contributed by atoms with Crippen LogP contribution in [0, 0.1) is 5.92 Å². The van der Waals surface area contributed by atoms with Gasteiger partial charge in [0.25, 0.3) is 5.56 Å². The SMILES string of the molecule is C=CCNC(=O)[C@H](C)Sc1nc2ccc(Cl)cc2c(=O)n1CC(C)C. The summed E-state index contributed by atoms with van der Waals surface area (Å²) in [5.41, 5.74) is 0.443. The molecule has 0 unspecified atom stereocenters. The van der Waals surface area contributed by atoms with E-state index in [0.717, 1.165) is 0 Å². The predicted octanol–water partition coefficient (Wildman–Crippen LogP) is 3.49. The first-order valence-electron chi connectivity index (χ1n) is 8.08. The topological polar surface area (TPSA) is 64.0 Å². The van der Waals surface area contributed by atoms with Crippen LogP contribution in [0.4, 0.5) is 0 Å². The van der Waals surface area contributed by atoms with E-state index in [1.54, 1.807) is 35.8 Å². The van der Waals surface area contributed by atoms with Gasteiger partial charge in [-0.1, -0.05) is 43.3 Å². The summed E-state index contributed by atoms with van der Waals surface area (Å²) in [4.78, 5) is 29.6. The summed E-state index contributed by atoms with van der Waals surface area (Å²) >= 11 is 7.30. The average molecular weight is 380 g/mol. The van der Waals surface area contributed by atoms with Gasteiger partial charge in [0, 0.05) is 18.1 Å². The molecule has 0 aliphatic carbocycles. The maximum Gasteiger partial charge on any atom is 0.262 e. The molecule has 0 aliphatic heterocycles. The zero-order valence-electron chi connectivity index (χ0n) is 14.6. The van der Waals surface area contributed by atoms with E-state index in [0.29, 0.717) is 34.2 Å². The van der Waals surface area contributed by atoms with Gasteiger partial charge < -0.3 is 5.32 Å². The Kier molecular flexibility index (Phi) is 6.67. The number of aromatic nitrogens is 2. The van der Waals surface area contributed by atoms with Crippen LogP contribution in [-0.4, -0.2) is 27.3 Å². The van der Waals surface area contributed by atoms with Gasteiger partial charge in [-0.25, -0.2) is 4.98 Å². The summed E-state index contributed by atoms with van der Waals surface area (Å²) in [6.45, 7) is 10.4. The zero-order chi connectivity index (χ0) is 18.6. The van der Waals surface area contributed by atoms with E-state index in [9.17, 15) is 9.59 Å². The highest BCUT2D eigenvalue weighted by Gasteiger charge is 2.19. The number of carbonyl (C=O) groups is 1. The van der Waals surface area contributed by atoms with Crippen molar-refractivity contribution in [2.24, 2.45) is 5.92 Å². The van der Waals surface area contributed by atoms with Crippen LogP contribution < -0.4 is 10.9 Å². The first-order valence-corrected chi connectivity index (χ1v) is 9.34. The lowest BCUT2D eigenvalue weighted by molar-refractivity contribution is -0.120. The highest BCUT2D eigenvalue weighted by Crippen LogP contribution is 2.24. The molecular weight excluding hydrogens is 358 g/mol. The number of benzene rings is 1. The maximum absolute atomic E-state index is 12.9. The molecule has 0 bridgehead atoms. The number of thioether (sulfide) groups is 1. The third-order valence-corrected chi connectivity index (χ3v) is 4.83. The second-order valence-corrected chi connectivity index (χ2v) is 7.90. The molecule has 7 heteroatoms. The van der Waals surface area contributed by atoms with Gasteiger partial charge in [0.1, 0.15) is 0 Å². The highest BCUT2D eigenvalue weighted by molar-refractivity contribution is 8.00. The minimum absolute atomic E-state index is 0.119. The summed E-state index contributed by atoms with van der Waals surface area (Å²) in [7, 11) is 0. The Bertz CT molecular complexity index is 848. The van der Waals surface area contributed by atoms with Gasteiger partial charge in [0.2, 0.25) is 5.91 Å². The minimum Gasteiger partial charge on any atom is -0.352 e. The standard InChI is InChI=1S/C18H22ClN3O2S/c1-5-8-20-16(23)12(4)25-18-21-15-7-6-13(19)9-14(15)17(24)22(18)10-11(2)3/h5-7,9,11-12H,1,8,10H2,2-4H3,(H,20,23)/t12-/m0/s1. The van der Waals surface area contributed by atoms with Crippen molar-refractivity contribution < 1.29 is 4.79 Å². The Labute approximate surface area is 156 Å². The quantitative estimate of drug-likeness (QED) is 0.454. The lowest BCUT2D eigenvalue weighted by atomic mass is 10.2. The molecule has 1 amide bonds. The van der Waals surface area contributed by atoms with Crippen molar-refractivity contribution in [2.45, 2.75) is 37.7 Å². The molecule has 1 atom stereocenters. The normalized spacial score (nSPS) is 12.4. The fraction of sp³-hybridized carbons (Fsp3) is 0.389. The first kappa shape index (κ1) is 19.5.